The number of imidazole rings is 1. The molecule has 0 saturated heterocycles. The zero-order valence-electron chi connectivity index (χ0n) is 15.4. The van der Waals surface area contributed by atoms with Gasteiger partial charge in [0.05, 0.1) is 11.4 Å². The third-order valence-electron chi connectivity index (χ3n) is 4.20. The predicted molar refractivity (Wildman–Crippen MR) is 102 cm³/mol. The van der Waals surface area contributed by atoms with Crippen LogP contribution in [-0.4, -0.2) is 18.9 Å². The Hall–Kier alpha value is -2.08. The van der Waals surface area contributed by atoms with Crippen molar-refractivity contribution in [2.45, 2.75) is 52.1 Å². The lowest BCUT2D eigenvalue weighted by Gasteiger charge is -2.12. The molecule has 0 bridgehead atoms. The lowest BCUT2D eigenvalue weighted by molar-refractivity contribution is 0.486. The van der Waals surface area contributed by atoms with Gasteiger partial charge in [-0.2, -0.15) is 0 Å². The monoisotopic (exact) mass is 356 g/mol. The van der Waals surface area contributed by atoms with Gasteiger partial charge in [-0.05, 0) is 44.4 Å². The Morgan fingerprint density at radius 1 is 1.16 bits per heavy atom. The van der Waals surface area contributed by atoms with Crippen LogP contribution in [0.4, 0.5) is 0 Å². The zero-order valence-corrected chi connectivity index (χ0v) is 16.2. The summed E-state index contributed by atoms with van der Waals surface area (Å²) in [5, 5.41) is 0.995. The molecular weight excluding hydrogens is 332 g/mol. The van der Waals surface area contributed by atoms with Gasteiger partial charge in [-0.15, -0.1) is 0 Å². The second-order valence-corrected chi connectivity index (χ2v) is 7.82. The van der Waals surface area contributed by atoms with Crippen molar-refractivity contribution >= 4 is 17.4 Å². The van der Waals surface area contributed by atoms with Crippen LogP contribution in [-0.2, 0) is 12.3 Å². The summed E-state index contributed by atoms with van der Waals surface area (Å²) < 4.78 is 3.85. The van der Waals surface area contributed by atoms with Crippen LogP contribution < -0.4 is 5.56 Å². The van der Waals surface area contributed by atoms with Crippen LogP contribution in [0.3, 0.4) is 0 Å². The maximum Gasteiger partial charge on any atom is 0.258 e. The van der Waals surface area contributed by atoms with Crippen LogP contribution in [0.1, 0.15) is 36.5 Å². The van der Waals surface area contributed by atoms with Crippen LogP contribution >= 0.6 is 11.8 Å². The number of fused-ring (bicyclic) bond motifs is 1. The summed E-state index contributed by atoms with van der Waals surface area (Å²) in [6, 6.07) is 5.47. The average Bonchev–Trinajstić information content (AvgIpc) is 2.80. The standard InChI is InChI=1S/C19H24N4OS/c1-12(2)10-23-15(5)14(4)20-19(23)25-11-16-9-18(24)22-7-6-13(3)8-17(22)21-16/h6-9,12H,10-11H2,1-5H3. The van der Waals surface area contributed by atoms with Crippen molar-refractivity contribution in [3.63, 3.8) is 0 Å². The summed E-state index contributed by atoms with van der Waals surface area (Å²) in [6.45, 7) is 11.5. The molecule has 3 aromatic rings. The smallest absolute Gasteiger partial charge is 0.258 e. The molecule has 0 aliphatic heterocycles. The van der Waals surface area contributed by atoms with Gasteiger partial charge in [0.25, 0.3) is 5.56 Å². The van der Waals surface area contributed by atoms with Crippen molar-refractivity contribution in [1.82, 2.24) is 18.9 Å². The Balaban J connectivity index is 1.88. The number of nitrogens with zero attached hydrogens (tertiary/aromatic N) is 4. The highest BCUT2D eigenvalue weighted by atomic mass is 32.2. The Labute approximate surface area is 152 Å². The van der Waals surface area contributed by atoms with Gasteiger partial charge in [-0.3, -0.25) is 9.20 Å². The molecule has 25 heavy (non-hydrogen) atoms. The van der Waals surface area contributed by atoms with Crippen molar-refractivity contribution in [3.8, 4) is 0 Å². The summed E-state index contributed by atoms with van der Waals surface area (Å²) in [5.41, 5.74) is 4.80. The Morgan fingerprint density at radius 3 is 2.64 bits per heavy atom. The minimum atomic E-state index is -0.0431. The van der Waals surface area contributed by atoms with Crippen molar-refractivity contribution in [2.75, 3.05) is 0 Å². The molecule has 0 aliphatic rings. The van der Waals surface area contributed by atoms with Crippen molar-refractivity contribution in [2.24, 2.45) is 5.92 Å². The van der Waals surface area contributed by atoms with Gasteiger partial charge in [0.15, 0.2) is 5.16 Å². The highest BCUT2D eigenvalue weighted by Crippen LogP contribution is 2.25. The minimum Gasteiger partial charge on any atom is -0.323 e. The molecule has 0 amide bonds. The molecule has 0 N–H and O–H groups in total. The zero-order chi connectivity index (χ0) is 18.1. The first-order valence-corrected chi connectivity index (χ1v) is 9.49. The van der Waals surface area contributed by atoms with Crippen LogP contribution in [0.25, 0.3) is 5.65 Å². The van der Waals surface area contributed by atoms with Crippen molar-refractivity contribution < 1.29 is 0 Å². The fraction of sp³-hybridized carbons (Fsp3) is 0.421. The molecule has 0 spiro atoms. The molecule has 3 aromatic heterocycles. The number of aromatic nitrogens is 4. The van der Waals surface area contributed by atoms with Gasteiger partial charge in [-0.25, -0.2) is 9.97 Å². The molecular formula is C19H24N4OS. The molecule has 0 atom stereocenters. The molecule has 132 valence electrons. The van der Waals surface area contributed by atoms with Gasteiger partial charge >= 0.3 is 0 Å². The maximum absolute atomic E-state index is 12.3. The molecule has 0 unspecified atom stereocenters. The average molecular weight is 356 g/mol. The summed E-state index contributed by atoms with van der Waals surface area (Å²) >= 11 is 1.64. The minimum absolute atomic E-state index is 0.0431. The van der Waals surface area contributed by atoms with E-state index in [4.69, 9.17) is 4.98 Å². The third kappa shape index (κ3) is 3.79. The second-order valence-electron chi connectivity index (χ2n) is 6.88. The van der Waals surface area contributed by atoms with Crippen LogP contribution in [0.5, 0.6) is 0 Å². The fourth-order valence-corrected chi connectivity index (χ4v) is 3.77. The summed E-state index contributed by atoms with van der Waals surface area (Å²) in [7, 11) is 0. The SMILES string of the molecule is Cc1ccn2c(=O)cc(CSc3nc(C)c(C)n3CC(C)C)nc2c1. The second kappa shape index (κ2) is 7.04. The Morgan fingerprint density at radius 2 is 1.92 bits per heavy atom. The first-order valence-electron chi connectivity index (χ1n) is 8.50. The van der Waals surface area contributed by atoms with E-state index in [1.807, 2.05) is 26.0 Å². The van der Waals surface area contributed by atoms with Gasteiger partial charge in [-0.1, -0.05) is 25.6 Å². The van der Waals surface area contributed by atoms with E-state index in [1.165, 1.54) is 5.69 Å². The van der Waals surface area contributed by atoms with Gasteiger partial charge < -0.3 is 4.57 Å². The van der Waals surface area contributed by atoms with E-state index in [-0.39, 0.29) is 5.56 Å². The number of thioether (sulfide) groups is 1. The number of pyridine rings is 1. The Bertz CT molecular complexity index is 971. The third-order valence-corrected chi connectivity index (χ3v) is 5.21. The predicted octanol–water partition coefficient (Wildman–Crippen LogP) is 3.76. The highest BCUT2D eigenvalue weighted by molar-refractivity contribution is 7.98. The normalized spacial score (nSPS) is 11.6. The highest BCUT2D eigenvalue weighted by Gasteiger charge is 2.13. The number of aryl methyl sites for hydroxylation is 2. The maximum atomic E-state index is 12.3. The molecule has 0 radical (unpaired) electrons. The van der Waals surface area contributed by atoms with Gasteiger partial charge in [0.2, 0.25) is 0 Å². The van der Waals surface area contributed by atoms with Crippen LogP contribution in [0.2, 0.25) is 0 Å². The molecule has 0 fully saturated rings. The molecule has 0 aliphatic carbocycles. The number of hydrogen-bond donors (Lipinski definition) is 0. The van der Waals surface area contributed by atoms with Gasteiger partial charge in [0, 0.05) is 30.3 Å². The van der Waals surface area contributed by atoms with Crippen molar-refractivity contribution in [3.05, 3.63) is 57.4 Å². The largest absolute Gasteiger partial charge is 0.323 e. The van der Waals surface area contributed by atoms with E-state index in [2.05, 4.69) is 30.3 Å². The molecule has 3 rings (SSSR count). The lowest BCUT2D eigenvalue weighted by atomic mass is 10.2. The Kier molecular flexibility index (Phi) is 4.99. The van der Waals surface area contributed by atoms with Crippen LogP contribution in [0, 0.1) is 26.7 Å². The molecule has 6 heteroatoms. The number of rotatable bonds is 5. The summed E-state index contributed by atoms with van der Waals surface area (Å²) in [6.07, 6.45) is 1.78. The van der Waals surface area contributed by atoms with Crippen molar-refractivity contribution in [1.29, 1.82) is 0 Å². The molecule has 0 aromatic carbocycles. The molecule has 3 heterocycles. The van der Waals surface area contributed by atoms with Crippen LogP contribution in [0.15, 0.2) is 34.3 Å². The van der Waals surface area contributed by atoms with Gasteiger partial charge in [0.1, 0.15) is 5.65 Å². The molecule has 5 nitrogen and oxygen atoms in total. The van der Waals surface area contributed by atoms with E-state index < -0.39 is 0 Å². The van der Waals surface area contributed by atoms with E-state index in [1.54, 1.807) is 28.4 Å². The first-order chi connectivity index (χ1) is 11.8. The lowest BCUT2D eigenvalue weighted by Crippen LogP contribution is -2.15. The topological polar surface area (TPSA) is 52.2 Å². The van der Waals surface area contributed by atoms with E-state index in [0.717, 1.165) is 28.7 Å². The first kappa shape index (κ1) is 17.7. The van der Waals surface area contributed by atoms with E-state index >= 15 is 0 Å². The van der Waals surface area contributed by atoms with E-state index in [9.17, 15) is 4.79 Å². The summed E-state index contributed by atoms with van der Waals surface area (Å²) in [5.74, 6) is 1.19. The quantitative estimate of drug-likeness (QED) is 0.653. The fourth-order valence-electron chi connectivity index (χ4n) is 2.78. The summed E-state index contributed by atoms with van der Waals surface area (Å²) in [4.78, 5) is 21.6. The molecule has 0 saturated carbocycles. The van der Waals surface area contributed by atoms with E-state index in [0.29, 0.717) is 17.3 Å². The number of hydrogen-bond acceptors (Lipinski definition) is 4.